The molecule has 3 fully saturated rings. The maximum absolute atomic E-state index is 10.9. The molecule has 256 valence electrons. The minimum Gasteiger partial charge on any atom is -0.394 e. The molecule has 3 aliphatic heterocycles. The molecule has 19 heteroatoms. The van der Waals surface area contributed by atoms with Gasteiger partial charge in [0, 0.05) is 0 Å². The second kappa shape index (κ2) is 14.8. The van der Waals surface area contributed by atoms with Crippen LogP contribution in [0.4, 0.5) is 0 Å². The van der Waals surface area contributed by atoms with E-state index in [4.69, 9.17) is 23.7 Å². The molecule has 0 aromatic carbocycles. The van der Waals surface area contributed by atoms with Crippen LogP contribution in [0.1, 0.15) is 6.92 Å². The Morgan fingerprint density at radius 1 is 0.636 bits per heavy atom. The van der Waals surface area contributed by atoms with E-state index < -0.39 is 136 Å². The number of quaternary nitrogens is 1. The summed E-state index contributed by atoms with van der Waals surface area (Å²) in [6, 6.07) is -1.92. The fourth-order valence-electron chi connectivity index (χ4n) is 5.96. The number of aliphatic hydroxyl groups is 13. The van der Waals surface area contributed by atoms with Crippen molar-refractivity contribution < 1.29 is 95.4 Å². The van der Waals surface area contributed by atoms with E-state index in [9.17, 15) is 66.4 Å². The highest BCUT2D eigenvalue weighted by Gasteiger charge is 2.54. The van der Waals surface area contributed by atoms with Crippen molar-refractivity contribution in [3.63, 3.8) is 0 Å². The normalized spacial score (nSPS) is 52.0. The molecule has 0 radical (unpaired) electrons. The van der Waals surface area contributed by atoms with Gasteiger partial charge in [0.2, 0.25) is 0 Å². The maximum Gasteiger partial charge on any atom is 0.187 e. The first-order valence-electron chi connectivity index (χ1n) is 14.2. The molecule has 19 nitrogen and oxygen atoms in total. The lowest BCUT2D eigenvalue weighted by Gasteiger charge is -2.48. The Kier molecular flexibility index (Phi) is 12.1. The van der Waals surface area contributed by atoms with Gasteiger partial charge in [-0.3, -0.25) is 0 Å². The fourth-order valence-corrected chi connectivity index (χ4v) is 5.96. The Morgan fingerprint density at radius 2 is 1.16 bits per heavy atom. The minimum absolute atomic E-state index is 0.0537. The number of nitrogens with two attached hydrogens (primary N) is 1. The monoisotopic (exact) mass is 646 g/mol. The van der Waals surface area contributed by atoms with Crippen LogP contribution in [-0.4, -0.2) is 203 Å². The molecule has 3 saturated heterocycles. The Hall–Kier alpha value is -1.02. The predicted octanol–water partition coefficient (Wildman–Crippen LogP) is -9.59. The number of hydrogen-bond acceptors (Lipinski definition) is 18. The molecular formula is C25H44NO18+. The smallest absolute Gasteiger partial charge is 0.187 e. The molecule has 1 aliphatic carbocycles. The maximum atomic E-state index is 10.9. The lowest BCUT2D eigenvalue weighted by Crippen LogP contribution is -3.02. The van der Waals surface area contributed by atoms with Crippen molar-refractivity contribution in [2.45, 2.75) is 123 Å². The lowest BCUT2D eigenvalue weighted by molar-refractivity contribution is -0.739. The zero-order valence-electron chi connectivity index (χ0n) is 23.6. The first kappa shape index (κ1) is 35.8. The van der Waals surface area contributed by atoms with Crippen LogP contribution >= 0.6 is 0 Å². The zero-order valence-corrected chi connectivity index (χ0v) is 23.6. The molecule has 15 N–H and O–H groups in total. The molecule has 0 aromatic heterocycles. The first-order valence-corrected chi connectivity index (χ1v) is 14.2. The molecule has 4 rings (SSSR count). The van der Waals surface area contributed by atoms with Crippen molar-refractivity contribution in [2.75, 3.05) is 19.8 Å². The van der Waals surface area contributed by atoms with E-state index in [2.05, 4.69) is 0 Å². The van der Waals surface area contributed by atoms with Crippen molar-refractivity contribution >= 4 is 0 Å². The molecule has 3 heterocycles. The third kappa shape index (κ3) is 6.96. The summed E-state index contributed by atoms with van der Waals surface area (Å²) in [5, 5.41) is 134. The van der Waals surface area contributed by atoms with Crippen molar-refractivity contribution in [1.29, 1.82) is 0 Å². The number of aliphatic hydroxyl groups excluding tert-OH is 13. The second-order valence-corrected chi connectivity index (χ2v) is 11.5. The van der Waals surface area contributed by atoms with Crippen molar-refractivity contribution in [1.82, 2.24) is 0 Å². The van der Waals surface area contributed by atoms with Crippen LogP contribution in [0.2, 0.25) is 0 Å². The Morgan fingerprint density at radius 3 is 1.73 bits per heavy atom. The summed E-state index contributed by atoms with van der Waals surface area (Å²) < 4.78 is 27.4. The van der Waals surface area contributed by atoms with Crippen molar-refractivity contribution in [3.05, 3.63) is 11.6 Å². The van der Waals surface area contributed by atoms with Gasteiger partial charge in [-0.25, -0.2) is 0 Å². The summed E-state index contributed by atoms with van der Waals surface area (Å²) in [7, 11) is 0. The summed E-state index contributed by atoms with van der Waals surface area (Å²) in [6.07, 6.45) is -26.2. The van der Waals surface area contributed by atoms with E-state index >= 15 is 0 Å². The van der Waals surface area contributed by atoms with Gasteiger partial charge in [-0.05, 0) is 18.6 Å². The summed E-state index contributed by atoms with van der Waals surface area (Å²) in [5.74, 6) is 0. The van der Waals surface area contributed by atoms with E-state index in [0.29, 0.717) is 0 Å². The Balaban J connectivity index is 1.42. The van der Waals surface area contributed by atoms with Crippen LogP contribution in [0.3, 0.4) is 0 Å². The standard InChI is InChI=1S/C25H43NO18/c1-6-11(26-8-2-7(3-27)12(30)15(33)13(8)31)14(32)19(37)24(40-6)43-22-10(5-29)42-25(20(38)17(22)35)44-21-9(4-28)41-23(39)18(36)16(21)34/h2,6,8-39H,3-5H2,1H3/p+1/t6-,8+,9-,10-,11-,12-,13+,14+,15+,16-,17-,18-,19-,20-,21-,22-,23+,24-,25-/m1/s1. The summed E-state index contributed by atoms with van der Waals surface area (Å²) >= 11 is 0. The molecule has 4 aliphatic rings. The fraction of sp³-hybridized carbons (Fsp3) is 0.920. The quantitative estimate of drug-likeness (QED) is 0.103. The van der Waals surface area contributed by atoms with Gasteiger partial charge in [0.1, 0.15) is 97.5 Å². The average Bonchev–Trinajstić information content (AvgIpc) is 3.00. The third-order valence-electron chi connectivity index (χ3n) is 8.64. The van der Waals surface area contributed by atoms with E-state index in [1.165, 1.54) is 18.3 Å². The zero-order chi connectivity index (χ0) is 32.6. The Bertz CT molecular complexity index is 958. The highest BCUT2D eigenvalue weighted by Crippen LogP contribution is 2.32. The van der Waals surface area contributed by atoms with Gasteiger partial charge in [0.25, 0.3) is 0 Å². The second-order valence-electron chi connectivity index (χ2n) is 11.5. The molecule has 19 atom stereocenters. The SMILES string of the molecule is C[C@H]1O[C@H](O[C@H]2[C@H](O)[C@@H](O)[C@@H](O[C@H]3[C@H](O)[C@@H](O)[C@@H](O)O[C@@H]3CO)O[C@@H]2CO)[C@H](O)[C@@H](O)[C@@H]1[NH2+][C@H]1C=C(CO)[C@@H](O)[C@H](O)[C@H]1O. The molecule has 0 amide bonds. The van der Waals surface area contributed by atoms with E-state index in [1.54, 1.807) is 0 Å². The van der Waals surface area contributed by atoms with Crippen LogP contribution in [0.15, 0.2) is 11.6 Å². The van der Waals surface area contributed by atoms with E-state index in [0.717, 1.165) is 0 Å². The molecule has 0 unspecified atom stereocenters. The lowest BCUT2D eigenvalue weighted by atomic mass is 9.86. The summed E-state index contributed by atoms with van der Waals surface area (Å²) in [4.78, 5) is 0. The molecule has 0 bridgehead atoms. The van der Waals surface area contributed by atoms with Crippen molar-refractivity contribution in [2.24, 2.45) is 0 Å². The van der Waals surface area contributed by atoms with Gasteiger partial charge in [-0.1, -0.05) is 0 Å². The minimum atomic E-state index is -1.93. The molecule has 44 heavy (non-hydrogen) atoms. The molecule has 0 spiro atoms. The van der Waals surface area contributed by atoms with Crippen molar-refractivity contribution in [3.8, 4) is 0 Å². The highest BCUT2D eigenvalue weighted by atomic mass is 16.7. The summed E-state index contributed by atoms with van der Waals surface area (Å²) in [6.45, 7) is -0.693. The third-order valence-corrected chi connectivity index (χ3v) is 8.64. The largest absolute Gasteiger partial charge is 0.394 e. The number of ether oxygens (including phenoxy) is 5. The van der Waals surface area contributed by atoms with Gasteiger partial charge >= 0.3 is 0 Å². The van der Waals surface area contributed by atoms with Gasteiger partial charge in [0.05, 0.1) is 19.8 Å². The molecular weight excluding hydrogens is 602 g/mol. The Labute approximate surface area is 250 Å². The van der Waals surface area contributed by atoms with Gasteiger partial charge < -0.3 is 95.4 Å². The van der Waals surface area contributed by atoms with Crippen LogP contribution in [0, 0.1) is 0 Å². The molecule has 0 aromatic rings. The number of hydrogen-bond donors (Lipinski definition) is 14. The topological polar surface area (TPSA) is 326 Å². The van der Waals surface area contributed by atoms with E-state index in [-0.39, 0.29) is 5.57 Å². The van der Waals surface area contributed by atoms with Crippen LogP contribution < -0.4 is 5.32 Å². The predicted molar refractivity (Wildman–Crippen MR) is 137 cm³/mol. The average molecular weight is 647 g/mol. The van der Waals surface area contributed by atoms with Crippen LogP contribution in [-0.2, 0) is 23.7 Å². The highest BCUT2D eigenvalue weighted by molar-refractivity contribution is 5.19. The molecule has 0 saturated carbocycles. The first-order chi connectivity index (χ1) is 20.7. The van der Waals surface area contributed by atoms with Crippen LogP contribution in [0.25, 0.3) is 0 Å². The van der Waals surface area contributed by atoms with E-state index in [1.807, 2.05) is 0 Å². The van der Waals surface area contributed by atoms with Gasteiger partial charge in [-0.2, -0.15) is 0 Å². The van der Waals surface area contributed by atoms with Gasteiger partial charge in [-0.15, -0.1) is 0 Å². The number of rotatable bonds is 9. The van der Waals surface area contributed by atoms with Crippen LogP contribution in [0.5, 0.6) is 0 Å². The van der Waals surface area contributed by atoms with Gasteiger partial charge in [0.15, 0.2) is 18.9 Å². The summed E-state index contributed by atoms with van der Waals surface area (Å²) in [5.41, 5.74) is 0.0537.